The highest BCUT2D eigenvalue weighted by molar-refractivity contribution is 6.03. The number of carbonyl (C=O) groups excluding carboxylic acids is 2. The molecule has 0 bridgehead atoms. The van der Waals surface area contributed by atoms with E-state index >= 15 is 0 Å². The summed E-state index contributed by atoms with van der Waals surface area (Å²) in [7, 11) is 0. The van der Waals surface area contributed by atoms with Crippen LogP contribution in [-0.2, 0) is 6.54 Å². The summed E-state index contributed by atoms with van der Waals surface area (Å²) in [5.41, 5.74) is 11.2. The smallest absolute Gasteiger partial charge is 0.363 e. The van der Waals surface area contributed by atoms with Crippen molar-refractivity contribution in [3.05, 3.63) is 46.6 Å². The number of H-pyrrole nitrogens is 1. The van der Waals surface area contributed by atoms with Crippen LogP contribution in [0.25, 0.3) is 16.9 Å². The van der Waals surface area contributed by atoms with Crippen LogP contribution in [0.5, 0.6) is 0 Å². The van der Waals surface area contributed by atoms with Gasteiger partial charge in [-0.05, 0) is 73.7 Å². The molecular formula is C25H29N6O3+. The molecule has 2 aromatic heterocycles. The molecule has 3 heterocycles. The molecule has 3 aliphatic rings. The van der Waals surface area contributed by atoms with Gasteiger partial charge >= 0.3 is 5.65 Å². The number of aromatic amines is 1. The maximum absolute atomic E-state index is 13.1. The third-order valence-corrected chi connectivity index (χ3v) is 7.57. The van der Waals surface area contributed by atoms with E-state index in [1.54, 1.807) is 10.7 Å². The predicted molar refractivity (Wildman–Crippen MR) is 125 cm³/mol. The van der Waals surface area contributed by atoms with E-state index in [0.29, 0.717) is 42.2 Å². The minimum atomic E-state index is -0.358. The second kappa shape index (κ2) is 7.53. The molecular weight excluding hydrogens is 432 g/mol. The Morgan fingerprint density at radius 2 is 2.12 bits per heavy atom. The molecule has 0 spiro atoms. The van der Waals surface area contributed by atoms with Crippen molar-refractivity contribution in [1.29, 1.82) is 0 Å². The first-order valence-corrected chi connectivity index (χ1v) is 11.9. The molecule has 1 aromatic carbocycles. The van der Waals surface area contributed by atoms with Gasteiger partial charge in [-0.2, -0.15) is 0 Å². The molecule has 0 unspecified atom stereocenters. The van der Waals surface area contributed by atoms with Gasteiger partial charge in [0.25, 0.3) is 11.8 Å². The minimum absolute atomic E-state index is 0.0575. The van der Waals surface area contributed by atoms with Crippen LogP contribution in [-0.4, -0.2) is 50.1 Å². The molecule has 2 fully saturated rings. The summed E-state index contributed by atoms with van der Waals surface area (Å²) in [6.07, 6.45) is 4.93. The topological polar surface area (TPSA) is 128 Å². The molecule has 9 heteroatoms. The van der Waals surface area contributed by atoms with E-state index in [1.165, 1.54) is 12.8 Å². The van der Waals surface area contributed by atoms with Crippen LogP contribution in [0.2, 0.25) is 0 Å². The number of hydrogen-bond donors (Lipinski definition) is 4. The summed E-state index contributed by atoms with van der Waals surface area (Å²) in [6, 6.07) is 6.11. The number of nitrogens with one attached hydrogen (secondary N) is 2. The zero-order chi connectivity index (χ0) is 23.7. The lowest BCUT2D eigenvalue weighted by Gasteiger charge is -2.31. The normalized spacial score (nSPS) is 22.6. The predicted octanol–water partition coefficient (Wildman–Crippen LogP) is 1.71. The first kappa shape index (κ1) is 21.1. The van der Waals surface area contributed by atoms with Gasteiger partial charge in [-0.3, -0.25) is 9.59 Å². The number of nitrogen functional groups attached to an aromatic ring is 1. The number of nitrogens with two attached hydrogens (primary N) is 1. The molecule has 5 N–H and O–H groups in total. The molecule has 0 saturated heterocycles. The van der Waals surface area contributed by atoms with E-state index in [9.17, 15) is 14.7 Å². The third-order valence-electron chi connectivity index (χ3n) is 7.57. The fraction of sp³-hybridized carbons (Fsp3) is 0.440. The van der Waals surface area contributed by atoms with Crippen molar-refractivity contribution >= 4 is 23.3 Å². The Morgan fingerprint density at radius 3 is 2.82 bits per heavy atom. The van der Waals surface area contributed by atoms with Crippen molar-refractivity contribution in [2.45, 2.75) is 64.3 Å². The molecule has 2 saturated carbocycles. The Balaban J connectivity index is 1.34. The number of fused-ring (bicyclic) bond motifs is 2. The number of benzene rings is 1. The number of amides is 2. The van der Waals surface area contributed by atoms with Crippen molar-refractivity contribution in [3.63, 3.8) is 0 Å². The van der Waals surface area contributed by atoms with Gasteiger partial charge in [-0.25, -0.2) is 5.10 Å². The summed E-state index contributed by atoms with van der Waals surface area (Å²) in [6.45, 7) is 4.74. The van der Waals surface area contributed by atoms with Crippen molar-refractivity contribution < 1.29 is 19.2 Å². The average Bonchev–Trinajstić information content (AvgIpc) is 3.49. The lowest BCUT2D eigenvalue weighted by molar-refractivity contribution is -0.577. The number of hydrogen-bond acceptors (Lipinski definition) is 5. The summed E-state index contributed by atoms with van der Waals surface area (Å²) < 4.78 is 1.63. The van der Waals surface area contributed by atoms with Gasteiger partial charge < -0.3 is 21.1 Å². The van der Waals surface area contributed by atoms with Gasteiger partial charge in [0.2, 0.25) is 0 Å². The highest BCUT2D eigenvalue weighted by Gasteiger charge is 2.39. The summed E-state index contributed by atoms with van der Waals surface area (Å²) in [5.74, 6) is 0.669. The molecule has 9 nitrogen and oxygen atoms in total. The minimum Gasteiger partial charge on any atom is -0.393 e. The van der Waals surface area contributed by atoms with Crippen molar-refractivity contribution in [2.24, 2.45) is 5.92 Å². The number of rotatable bonds is 5. The molecule has 6 rings (SSSR count). The van der Waals surface area contributed by atoms with Gasteiger partial charge in [-0.15, -0.1) is 4.52 Å². The van der Waals surface area contributed by atoms with Gasteiger partial charge in [0, 0.05) is 35.8 Å². The van der Waals surface area contributed by atoms with Crippen LogP contribution < -0.4 is 15.6 Å². The molecule has 0 radical (unpaired) electrons. The summed E-state index contributed by atoms with van der Waals surface area (Å²) in [5, 5.41) is 15.4. The van der Waals surface area contributed by atoms with Gasteiger partial charge in [-0.1, -0.05) is 0 Å². The van der Waals surface area contributed by atoms with Crippen molar-refractivity contribution in [3.8, 4) is 11.3 Å². The molecule has 1 aliphatic heterocycles. The van der Waals surface area contributed by atoms with E-state index in [2.05, 4.69) is 17.3 Å². The van der Waals surface area contributed by atoms with E-state index in [4.69, 9.17) is 10.7 Å². The summed E-state index contributed by atoms with van der Waals surface area (Å²) in [4.78, 5) is 32.8. The molecule has 176 valence electrons. The van der Waals surface area contributed by atoms with Crippen LogP contribution in [0.3, 0.4) is 0 Å². The van der Waals surface area contributed by atoms with Gasteiger partial charge in [0.15, 0.2) is 17.1 Å². The number of anilines is 1. The first-order chi connectivity index (χ1) is 16.3. The zero-order valence-electron chi connectivity index (χ0n) is 19.3. The standard InChI is InChI=1S/C25H28N6O3/c1-12-7-15(8-16-11-30(25(34)20(12)16)13(2)14-3-4-14)19-5-6-31-23(28-19)21(22(26)29-31)24(33)27-17-9-18(32)10-17/h5-8,13-14,17-18,32H,3-4,9-11H2,1-2H3,(H3,26,27,29,33)/p+1/t13-,17?,18?/m0/s1. The second-order valence-corrected chi connectivity index (χ2v) is 10.0. The number of carbonyl (C=O) groups is 2. The Kier molecular flexibility index (Phi) is 4.67. The van der Waals surface area contributed by atoms with E-state index < -0.39 is 0 Å². The Morgan fingerprint density at radius 1 is 1.35 bits per heavy atom. The lowest BCUT2D eigenvalue weighted by Crippen LogP contribution is -2.46. The number of aryl methyl sites for hydroxylation is 1. The van der Waals surface area contributed by atoms with Crippen LogP contribution in [0.4, 0.5) is 5.82 Å². The van der Waals surface area contributed by atoms with Crippen LogP contribution in [0.15, 0.2) is 24.4 Å². The second-order valence-electron chi connectivity index (χ2n) is 10.0. The number of aliphatic hydroxyl groups is 1. The lowest BCUT2D eigenvalue weighted by atomic mass is 9.89. The number of nitrogens with zero attached hydrogens (tertiary/aromatic N) is 3. The van der Waals surface area contributed by atoms with Gasteiger partial charge in [0.1, 0.15) is 6.20 Å². The first-order valence-electron chi connectivity index (χ1n) is 11.9. The Hall–Kier alpha value is -3.46. The molecule has 3 aromatic rings. The number of aromatic nitrogens is 3. The largest absolute Gasteiger partial charge is 0.393 e. The maximum Gasteiger partial charge on any atom is 0.363 e. The molecule has 34 heavy (non-hydrogen) atoms. The monoisotopic (exact) mass is 461 g/mol. The Bertz CT molecular complexity index is 1340. The highest BCUT2D eigenvalue weighted by Crippen LogP contribution is 2.39. The SMILES string of the molecule is Cc1cc(-c2cc[n+]3[nH]c(N)c(C(=O)NC4CC(O)C4)c3n2)cc2c1C(=O)N([C@@H](C)C1CC1)C2. The van der Waals surface area contributed by atoms with E-state index in [1.807, 2.05) is 30.0 Å². The summed E-state index contributed by atoms with van der Waals surface area (Å²) >= 11 is 0. The van der Waals surface area contributed by atoms with Crippen LogP contribution in [0.1, 0.15) is 64.4 Å². The van der Waals surface area contributed by atoms with E-state index in [0.717, 1.165) is 22.3 Å². The third kappa shape index (κ3) is 3.34. The number of aliphatic hydroxyl groups excluding tert-OH is 1. The van der Waals surface area contributed by atoms with E-state index in [-0.39, 0.29) is 35.8 Å². The fourth-order valence-corrected chi connectivity index (χ4v) is 5.34. The van der Waals surface area contributed by atoms with Crippen molar-refractivity contribution in [1.82, 2.24) is 20.3 Å². The Labute approximate surface area is 197 Å². The van der Waals surface area contributed by atoms with Gasteiger partial charge in [0.05, 0.1) is 6.10 Å². The fourth-order valence-electron chi connectivity index (χ4n) is 5.34. The molecule has 2 aliphatic carbocycles. The van der Waals surface area contributed by atoms with Crippen LogP contribution in [0, 0.1) is 12.8 Å². The zero-order valence-corrected chi connectivity index (χ0v) is 19.3. The quantitative estimate of drug-likeness (QED) is 0.430. The van der Waals surface area contributed by atoms with Crippen molar-refractivity contribution in [2.75, 3.05) is 5.73 Å². The average molecular weight is 462 g/mol. The molecule has 1 atom stereocenters. The van der Waals surface area contributed by atoms with Crippen LogP contribution >= 0.6 is 0 Å². The highest BCUT2D eigenvalue weighted by atomic mass is 16.3. The maximum atomic E-state index is 13.1. The molecule has 2 amide bonds.